The summed E-state index contributed by atoms with van der Waals surface area (Å²) in [6.45, 7) is 0.141. The first-order valence-corrected chi connectivity index (χ1v) is 19.3. The molecule has 2 aliphatic heterocycles. The number of amides is 3. The lowest BCUT2D eigenvalue weighted by molar-refractivity contribution is -0.140. The van der Waals surface area contributed by atoms with Gasteiger partial charge < -0.3 is 25.0 Å². The van der Waals surface area contributed by atoms with Gasteiger partial charge in [0.15, 0.2) is 0 Å². The first-order chi connectivity index (χ1) is 23.6. The number of nitrogens with zero attached hydrogens (tertiary/aromatic N) is 2. The van der Waals surface area contributed by atoms with E-state index in [9.17, 15) is 22.8 Å². The Labute approximate surface area is 289 Å². The molecular formula is C35H41N5O7S2. The van der Waals surface area contributed by atoms with E-state index in [0.29, 0.717) is 30.2 Å². The van der Waals surface area contributed by atoms with Crippen LogP contribution in [0.5, 0.6) is 10.9 Å². The Kier molecular flexibility index (Phi) is 9.27. The van der Waals surface area contributed by atoms with Crippen molar-refractivity contribution in [2.75, 3.05) is 19.0 Å². The fourth-order valence-corrected chi connectivity index (χ4v) is 9.06. The molecule has 3 amide bonds. The first-order valence-electron chi connectivity index (χ1n) is 16.9. The van der Waals surface area contributed by atoms with E-state index in [1.54, 1.807) is 12.0 Å². The molecule has 3 aromatic rings. The molecule has 3 fully saturated rings. The average Bonchev–Trinajstić information content (AvgIpc) is 3.98. The van der Waals surface area contributed by atoms with Crippen LogP contribution in [0.2, 0.25) is 0 Å². The number of para-hydroxylation sites is 1. The summed E-state index contributed by atoms with van der Waals surface area (Å²) in [5, 5.41) is 6.16. The number of hydrogen-bond donors (Lipinski definition) is 3. The number of carbonyl (C=O) groups is 3. The third kappa shape index (κ3) is 7.25. The highest BCUT2D eigenvalue weighted by atomic mass is 32.2. The van der Waals surface area contributed by atoms with Gasteiger partial charge in [-0.25, -0.2) is 13.4 Å². The lowest BCUT2D eigenvalue weighted by Gasteiger charge is -2.30. The Bertz CT molecular complexity index is 1860. The predicted octanol–water partition coefficient (Wildman–Crippen LogP) is 4.14. The van der Waals surface area contributed by atoms with Crippen LogP contribution >= 0.6 is 11.3 Å². The highest BCUT2D eigenvalue weighted by Crippen LogP contribution is 2.46. The molecule has 0 unspecified atom stereocenters. The van der Waals surface area contributed by atoms with Crippen LogP contribution in [0.15, 0.2) is 60.7 Å². The average molecular weight is 708 g/mol. The van der Waals surface area contributed by atoms with Crippen molar-refractivity contribution in [3.8, 4) is 10.9 Å². The molecule has 4 aliphatic rings. The van der Waals surface area contributed by atoms with E-state index in [4.69, 9.17) is 9.47 Å². The monoisotopic (exact) mass is 707 g/mol. The maximum absolute atomic E-state index is 14.4. The molecule has 1 aromatic heterocycles. The zero-order valence-electron chi connectivity index (χ0n) is 27.3. The van der Waals surface area contributed by atoms with Crippen LogP contribution in [0, 0.1) is 5.92 Å². The molecule has 2 saturated carbocycles. The summed E-state index contributed by atoms with van der Waals surface area (Å²) in [6.07, 6.45) is 8.77. The fourth-order valence-electron chi connectivity index (χ4n) is 6.79. The van der Waals surface area contributed by atoms with Gasteiger partial charge in [-0.15, -0.1) is 0 Å². The topological polar surface area (TPSA) is 156 Å². The molecule has 0 spiro atoms. The van der Waals surface area contributed by atoms with Crippen molar-refractivity contribution in [1.29, 1.82) is 0 Å². The second-order valence-corrected chi connectivity index (χ2v) is 16.3. The highest BCUT2D eigenvalue weighted by Gasteiger charge is 2.62. The first kappa shape index (κ1) is 33.3. The number of benzene rings is 2. The molecule has 12 nitrogen and oxygen atoms in total. The summed E-state index contributed by atoms with van der Waals surface area (Å²) in [5.41, 5.74) is 0.126. The molecular weight excluding hydrogens is 667 g/mol. The Morgan fingerprint density at radius 1 is 1.08 bits per heavy atom. The van der Waals surface area contributed by atoms with E-state index in [-0.39, 0.29) is 31.2 Å². The number of anilines is 1. The fraction of sp³-hybridized carbons (Fsp3) is 0.486. The molecule has 14 heteroatoms. The second-order valence-electron chi connectivity index (χ2n) is 13.4. The third-order valence-corrected chi connectivity index (χ3v) is 12.5. The summed E-state index contributed by atoms with van der Waals surface area (Å²) >= 11 is 1.35. The SMILES string of the molecule is COc1ccc2nc(O[C@@H]3C[C@H]4C(=O)N[C@]5(C(=O)NS(=O)(=O)C6CC6)C[C@@H]5/C=C\CCCCC[C@H](Nc5ccccc5)C(=O)N4C3)sc2c1. The molecule has 260 valence electrons. The molecule has 2 aliphatic carbocycles. The maximum Gasteiger partial charge on any atom is 0.274 e. The van der Waals surface area contributed by atoms with E-state index in [1.165, 1.54) is 11.3 Å². The zero-order valence-corrected chi connectivity index (χ0v) is 28.9. The molecule has 2 aromatic carbocycles. The van der Waals surface area contributed by atoms with Gasteiger partial charge in [0.25, 0.3) is 11.1 Å². The Balaban J connectivity index is 1.18. The predicted molar refractivity (Wildman–Crippen MR) is 186 cm³/mol. The molecule has 3 heterocycles. The smallest absolute Gasteiger partial charge is 0.274 e. The molecule has 0 radical (unpaired) electrons. The quantitative estimate of drug-likeness (QED) is 0.293. The van der Waals surface area contributed by atoms with Crippen molar-refractivity contribution in [2.24, 2.45) is 5.92 Å². The zero-order chi connectivity index (χ0) is 34.2. The Morgan fingerprint density at radius 2 is 1.90 bits per heavy atom. The third-order valence-electron chi connectivity index (χ3n) is 9.80. The number of aromatic nitrogens is 1. The van der Waals surface area contributed by atoms with Crippen molar-refractivity contribution in [1.82, 2.24) is 19.9 Å². The number of allylic oxidation sites excluding steroid dienone is 1. The van der Waals surface area contributed by atoms with Crippen LogP contribution < -0.4 is 24.8 Å². The van der Waals surface area contributed by atoms with Crippen LogP contribution in [-0.2, 0) is 24.4 Å². The maximum atomic E-state index is 14.4. The molecule has 0 bridgehead atoms. The van der Waals surface area contributed by atoms with Gasteiger partial charge in [0.1, 0.15) is 29.5 Å². The summed E-state index contributed by atoms with van der Waals surface area (Å²) in [5.74, 6) is -1.15. The standard InChI is InChI=1S/C35H41N5O7S2/c1-46-24-14-17-27-30(19-24)48-34(37-27)47-25-18-29-31(41)38-35(33(43)39-49(44,45)26-15-16-26)20-22(35)10-6-3-2-4-9-13-28(32(42)40(29)21-25)36-23-11-7-5-8-12-23/h5-8,10-12,14,17,19,22,25-26,28-29,36H,2-4,9,13,15-16,18,20-21H2,1H3,(H,38,41)(H,39,43)/b10-6-/t22-,25+,28-,29-,35+/m0/s1. The number of hydrogen-bond acceptors (Lipinski definition) is 10. The Hall–Kier alpha value is -4.17. The van der Waals surface area contributed by atoms with Crippen molar-refractivity contribution in [3.63, 3.8) is 0 Å². The second kappa shape index (κ2) is 13.6. The molecule has 3 N–H and O–H groups in total. The van der Waals surface area contributed by atoms with Gasteiger partial charge in [0, 0.05) is 18.0 Å². The summed E-state index contributed by atoms with van der Waals surface area (Å²) in [6, 6.07) is 13.5. The van der Waals surface area contributed by atoms with Gasteiger partial charge in [-0.05, 0) is 68.9 Å². The Morgan fingerprint density at radius 3 is 2.67 bits per heavy atom. The number of rotatable bonds is 8. The van der Waals surface area contributed by atoms with Gasteiger partial charge in [0.05, 0.1) is 29.1 Å². The van der Waals surface area contributed by atoms with E-state index in [1.807, 2.05) is 60.7 Å². The van der Waals surface area contributed by atoms with E-state index in [0.717, 1.165) is 41.6 Å². The largest absolute Gasteiger partial charge is 0.497 e. The van der Waals surface area contributed by atoms with Gasteiger partial charge in [-0.2, -0.15) is 0 Å². The van der Waals surface area contributed by atoms with Gasteiger partial charge in [-0.1, -0.05) is 54.5 Å². The number of sulfonamides is 1. The summed E-state index contributed by atoms with van der Waals surface area (Å²) < 4.78 is 40.3. The minimum atomic E-state index is -3.83. The molecule has 1 saturated heterocycles. The number of nitrogens with one attached hydrogen (secondary N) is 3. The highest BCUT2D eigenvalue weighted by molar-refractivity contribution is 7.91. The molecule has 7 rings (SSSR count). The molecule has 5 atom stereocenters. The van der Waals surface area contributed by atoms with Crippen molar-refractivity contribution >= 4 is 55.0 Å². The van der Waals surface area contributed by atoms with Crippen LogP contribution in [0.1, 0.15) is 57.8 Å². The van der Waals surface area contributed by atoms with Gasteiger partial charge in [-0.3, -0.25) is 19.1 Å². The van der Waals surface area contributed by atoms with Crippen molar-refractivity contribution < 1.29 is 32.3 Å². The van der Waals surface area contributed by atoms with Crippen LogP contribution in [0.3, 0.4) is 0 Å². The van der Waals surface area contributed by atoms with Crippen LogP contribution in [0.4, 0.5) is 5.69 Å². The number of thiazole rings is 1. The van der Waals surface area contributed by atoms with E-state index < -0.39 is 50.8 Å². The van der Waals surface area contributed by atoms with Gasteiger partial charge >= 0.3 is 0 Å². The van der Waals surface area contributed by atoms with Gasteiger partial charge in [0.2, 0.25) is 21.8 Å². The number of fused-ring (bicyclic) bond motifs is 3. The number of carbonyl (C=O) groups excluding carboxylic acids is 3. The van der Waals surface area contributed by atoms with Crippen LogP contribution in [-0.4, -0.2) is 78.7 Å². The lowest BCUT2D eigenvalue weighted by atomic mass is 10.0. The summed E-state index contributed by atoms with van der Waals surface area (Å²) in [4.78, 5) is 48.5. The number of methoxy groups -OCH3 is 1. The van der Waals surface area contributed by atoms with Crippen molar-refractivity contribution in [2.45, 2.75) is 86.8 Å². The summed E-state index contributed by atoms with van der Waals surface area (Å²) in [7, 11) is -2.24. The van der Waals surface area contributed by atoms with E-state index in [2.05, 4.69) is 20.3 Å². The minimum Gasteiger partial charge on any atom is -0.497 e. The van der Waals surface area contributed by atoms with Crippen LogP contribution in [0.25, 0.3) is 10.2 Å². The lowest BCUT2D eigenvalue weighted by Crippen LogP contribution is -2.57. The molecule has 49 heavy (non-hydrogen) atoms. The minimum absolute atomic E-state index is 0.141. The van der Waals surface area contributed by atoms with E-state index >= 15 is 0 Å². The number of ether oxygens (including phenoxy) is 2. The normalized spacial score (nSPS) is 28.3. The van der Waals surface area contributed by atoms with Crippen molar-refractivity contribution in [3.05, 3.63) is 60.7 Å².